The molecule has 0 bridgehead atoms. The Kier molecular flexibility index (Phi) is 4.20. The van der Waals surface area contributed by atoms with E-state index in [-0.39, 0.29) is 12.2 Å². The van der Waals surface area contributed by atoms with E-state index in [0.29, 0.717) is 0 Å². The van der Waals surface area contributed by atoms with Crippen LogP contribution in [0.25, 0.3) is 0 Å². The number of hydrogen-bond donors (Lipinski definition) is 4. The number of nitrogens with one attached hydrogen (secondary N) is 1. The van der Waals surface area contributed by atoms with Crippen molar-refractivity contribution in [2.75, 3.05) is 18.9 Å². The number of carbonyl (C=O) groups is 1. The zero-order chi connectivity index (χ0) is 13.9. The van der Waals surface area contributed by atoms with E-state index >= 15 is 0 Å². The molecule has 0 aromatic heterocycles. The van der Waals surface area contributed by atoms with Crippen molar-refractivity contribution in [1.82, 2.24) is 5.32 Å². The first-order chi connectivity index (χ1) is 8.28. The summed E-state index contributed by atoms with van der Waals surface area (Å²) in [6.45, 7) is 0.310. The van der Waals surface area contributed by atoms with Gasteiger partial charge in [0.1, 0.15) is 17.0 Å². The number of amides is 1. The van der Waals surface area contributed by atoms with E-state index in [1.165, 1.54) is 6.92 Å². The van der Waals surface area contributed by atoms with Crippen LogP contribution in [0.15, 0.2) is 12.1 Å². The van der Waals surface area contributed by atoms with Gasteiger partial charge in [0.2, 0.25) is 0 Å². The Morgan fingerprint density at radius 2 is 2.11 bits per heavy atom. The lowest BCUT2D eigenvalue weighted by atomic mass is 10.1. The van der Waals surface area contributed by atoms with Crippen LogP contribution in [0, 0.1) is 11.6 Å². The molecule has 0 aliphatic carbocycles. The first-order valence-corrected chi connectivity index (χ1v) is 5.13. The Morgan fingerprint density at radius 3 is 2.67 bits per heavy atom. The van der Waals surface area contributed by atoms with Crippen LogP contribution in [0.5, 0.6) is 0 Å². The van der Waals surface area contributed by atoms with Gasteiger partial charge in [0.15, 0.2) is 5.82 Å². The van der Waals surface area contributed by atoms with E-state index in [1.807, 2.05) is 0 Å². The summed E-state index contributed by atoms with van der Waals surface area (Å²) >= 11 is 0. The molecular weight excluding hydrogens is 246 g/mol. The maximum absolute atomic E-state index is 13.5. The largest absolute Gasteiger partial charge is 0.396 e. The zero-order valence-corrected chi connectivity index (χ0v) is 9.70. The number of benzene rings is 1. The Labute approximate surface area is 102 Å². The zero-order valence-electron chi connectivity index (χ0n) is 9.70. The van der Waals surface area contributed by atoms with Gasteiger partial charge in [-0.25, -0.2) is 8.78 Å². The van der Waals surface area contributed by atoms with Crippen LogP contribution < -0.4 is 11.1 Å². The van der Waals surface area contributed by atoms with E-state index in [9.17, 15) is 18.7 Å². The molecule has 1 aromatic carbocycles. The average Bonchev–Trinajstić information content (AvgIpc) is 2.32. The molecular formula is C11H14F2N2O3. The number of carbonyl (C=O) groups excluding carboxylic acids is 1. The van der Waals surface area contributed by atoms with Crippen LogP contribution in [0.1, 0.15) is 17.3 Å². The number of aliphatic hydroxyl groups excluding tert-OH is 1. The fraction of sp³-hybridized carbons (Fsp3) is 0.364. The van der Waals surface area contributed by atoms with Gasteiger partial charge in [0.05, 0.1) is 12.3 Å². The van der Waals surface area contributed by atoms with Gasteiger partial charge in [-0.1, -0.05) is 0 Å². The molecule has 7 heteroatoms. The third-order valence-electron chi connectivity index (χ3n) is 2.32. The van der Waals surface area contributed by atoms with Crippen LogP contribution in [0.2, 0.25) is 0 Å². The minimum Gasteiger partial charge on any atom is -0.396 e. The van der Waals surface area contributed by atoms with Gasteiger partial charge >= 0.3 is 0 Å². The number of rotatable bonds is 4. The molecule has 1 aromatic rings. The summed E-state index contributed by atoms with van der Waals surface area (Å²) in [4.78, 5) is 11.6. The predicted molar refractivity (Wildman–Crippen MR) is 60.8 cm³/mol. The minimum atomic E-state index is -1.57. The van der Waals surface area contributed by atoms with E-state index < -0.39 is 35.3 Å². The Balaban J connectivity index is 2.89. The number of nitrogens with two attached hydrogens (primary N) is 1. The standard InChI is InChI=1S/C11H14F2N2O3/c1-11(18,5-16)4-15-10(17)8-6(12)2-3-7(14)9(8)13/h2-3,16,18H,4-5,14H2,1H3,(H,15,17). The summed E-state index contributed by atoms with van der Waals surface area (Å²) in [5, 5.41) is 20.3. The van der Waals surface area contributed by atoms with Gasteiger partial charge in [-0.15, -0.1) is 0 Å². The quantitative estimate of drug-likeness (QED) is 0.574. The van der Waals surface area contributed by atoms with Crippen molar-refractivity contribution in [2.45, 2.75) is 12.5 Å². The van der Waals surface area contributed by atoms with Crippen molar-refractivity contribution < 1.29 is 23.8 Å². The van der Waals surface area contributed by atoms with E-state index in [1.54, 1.807) is 0 Å². The predicted octanol–water partition coefficient (Wildman–Crippen LogP) is 0.0201. The van der Waals surface area contributed by atoms with Crippen molar-refractivity contribution in [1.29, 1.82) is 0 Å². The second-order valence-electron chi connectivity index (χ2n) is 4.16. The summed E-state index contributed by atoms with van der Waals surface area (Å²) in [7, 11) is 0. The van der Waals surface area contributed by atoms with Crippen LogP contribution >= 0.6 is 0 Å². The molecule has 18 heavy (non-hydrogen) atoms. The molecule has 0 saturated carbocycles. The van der Waals surface area contributed by atoms with Crippen molar-refractivity contribution in [3.8, 4) is 0 Å². The highest BCUT2D eigenvalue weighted by molar-refractivity contribution is 5.95. The van der Waals surface area contributed by atoms with Crippen LogP contribution in [0.4, 0.5) is 14.5 Å². The second-order valence-corrected chi connectivity index (χ2v) is 4.16. The SMILES string of the molecule is CC(O)(CO)CNC(=O)c1c(F)ccc(N)c1F. The molecule has 1 atom stereocenters. The number of nitrogen functional groups attached to an aromatic ring is 1. The van der Waals surface area contributed by atoms with Crippen molar-refractivity contribution in [3.05, 3.63) is 29.3 Å². The molecule has 0 aliphatic heterocycles. The smallest absolute Gasteiger partial charge is 0.257 e. The van der Waals surface area contributed by atoms with Crippen molar-refractivity contribution in [2.24, 2.45) is 0 Å². The highest BCUT2D eigenvalue weighted by Crippen LogP contribution is 2.18. The first kappa shape index (κ1) is 14.3. The Hall–Kier alpha value is -1.73. The van der Waals surface area contributed by atoms with E-state index in [2.05, 4.69) is 5.32 Å². The summed E-state index contributed by atoms with van der Waals surface area (Å²) in [5.74, 6) is -3.26. The van der Waals surface area contributed by atoms with Crippen molar-refractivity contribution in [3.63, 3.8) is 0 Å². The summed E-state index contributed by atoms with van der Waals surface area (Å²) in [5.41, 5.74) is 2.49. The maximum Gasteiger partial charge on any atom is 0.257 e. The highest BCUT2D eigenvalue weighted by Gasteiger charge is 2.24. The average molecular weight is 260 g/mol. The molecule has 0 saturated heterocycles. The molecule has 1 rings (SSSR count). The number of anilines is 1. The molecule has 0 aliphatic rings. The monoisotopic (exact) mass is 260 g/mol. The van der Waals surface area contributed by atoms with Gasteiger partial charge in [0, 0.05) is 6.54 Å². The summed E-state index contributed by atoms with van der Waals surface area (Å²) in [6, 6.07) is 1.88. The second kappa shape index (κ2) is 5.28. The fourth-order valence-electron chi connectivity index (χ4n) is 1.19. The Morgan fingerprint density at radius 1 is 1.50 bits per heavy atom. The molecule has 5 N–H and O–H groups in total. The lowest BCUT2D eigenvalue weighted by Gasteiger charge is -2.20. The maximum atomic E-state index is 13.5. The number of aliphatic hydroxyl groups is 2. The normalized spacial score (nSPS) is 14.1. The molecule has 1 unspecified atom stereocenters. The van der Waals surface area contributed by atoms with Gasteiger partial charge in [-0.2, -0.15) is 0 Å². The lowest BCUT2D eigenvalue weighted by molar-refractivity contribution is 0.00313. The molecule has 0 spiro atoms. The Bertz CT molecular complexity index is 464. The lowest BCUT2D eigenvalue weighted by Crippen LogP contribution is -2.43. The first-order valence-electron chi connectivity index (χ1n) is 5.13. The van der Waals surface area contributed by atoms with Gasteiger partial charge in [0.25, 0.3) is 5.91 Å². The number of hydrogen-bond acceptors (Lipinski definition) is 4. The molecule has 0 fully saturated rings. The van der Waals surface area contributed by atoms with E-state index in [0.717, 1.165) is 12.1 Å². The van der Waals surface area contributed by atoms with Gasteiger partial charge in [-0.05, 0) is 19.1 Å². The van der Waals surface area contributed by atoms with Crippen LogP contribution in [-0.4, -0.2) is 34.9 Å². The molecule has 100 valence electrons. The third kappa shape index (κ3) is 3.14. The molecule has 1 amide bonds. The minimum absolute atomic E-state index is 0.351. The summed E-state index contributed by atoms with van der Waals surface area (Å²) < 4.78 is 26.8. The van der Waals surface area contributed by atoms with E-state index in [4.69, 9.17) is 10.8 Å². The van der Waals surface area contributed by atoms with Crippen LogP contribution in [-0.2, 0) is 0 Å². The van der Waals surface area contributed by atoms with Gasteiger partial charge < -0.3 is 21.3 Å². The highest BCUT2D eigenvalue weighted by atomic mass is 19.1. The third-order valence-corrected chi connectivity index (χ3v) is 2.32. The molecule has 0 heterocycles. The topological polar surface area (TPSA) is 95.6 Å². The fourth-order valence-corrected chi connectivity index (χ4v) is 1.19. The number of halogens is 2. The summed E-state index contributed by atoms with van der Waals surface area (Å²) in [6.07, 6.45) is 0. The van der Waals surface area contributed by atoms with Gasteiger partial charge in [-0.3, -0.25) is 4.79 Å². The van der Waals surface area contributed by atoms with Crippen molar-refractivity contribution >= 4 is 11.6 Å². The molecule has 5 nitrogen and oxygen atoms in total. The molecule has 0 radical (unpaired) electrons. The van der Waals surface area contributed by atoms with Crippen LogP contribution in [0.3, 0.4) is 0 Å².